The Morgan fingerprint density at radius 3 is 1.34 bits per heavy atom. The number of nitrogens with zero attached hydrogens (tertiary/aromatic N) is 2. The molecule has 0 N–H and O–H groups in total. The molecule has 0 atom stereocenters. The number of cyclic esters (lactones) is 2. The topological polar surface area (TPSA) is 157 Å². The zero-order valence-electron chi connectivity index (χ0n) is 19.1. The SMILES string of the molecule is O=C1OC(=O)c2cc(Oc3cc(Oc4ccc([N+](=O)[O-])cc4)cc(Oc4ccc([N+](=O)[O-])cc4)c3)ccc21. The molecule has 0 spiro atoms. The second kappa shape index (κ2) is 9.70. The summed E-state index contributed by atoms with van der Waals surface area (Å²) in [6.07, 6.45) is 0. The van der Waals surface area contributed by atoms with E-state index in [-0.39, 0.29) is 45.5 Å². The summed E-state index contributed by atoms with van der Waals surface area (Å²) in [5, 5.41) is 21.8. The van der Waals surface area contributed by atoms with Gasteiger partial charge in [0.25, 0.3) is 11.4 Å². The number of hydrogen-bond donors (Lipinski definition) is 0. The van der Waals surface area contributed by atoms with Crippen LogP contribution in [0.2, 0.25) is 0 Å². The monoisotopic (exact) mass is 514 g/mol. The van der Waals surface area contributed by atoms with E-state index in [9.17, 15) is 29.8 Å². The maximum atomic E-state index is 11.9. The van der Waals surface area contributed by atoms with Gasteiger partial charge in [0.15, 0.2) is 0 Å². The third-order valence-electron chi connectivity index (χ3n) is 5.27. The second-order valence-electron chi connectivity index (χ2n) is 7.83. The molecule has 1 aliphatic rings. The van der Waals surface area contributed by atoms with E-state index in [1.807, 2.05) is 0 Å². The lowest BCUT2D eigenvalue weighted by atomic mass is 10.1. The van der Waals surface area contributed by atoms with E-state index in [4.69, 9.17) is 14.2 Å². The van der Waals surface area contributed by atoms with Crippen LogP contribution in [0.25, 0.3) is 0 Å². The van der Waals surface area contributed by atoms with Gasteiger partial charge >= 0.3 is 11.9 Å². The highest BCUT2D eigenvalue weighted by Gasteiger charge is 2.30. The largest absolute Gasteiger partial charge is 0.457 e. The van der Waals surface area contributed by atoms with Crippen molar-refractivity contribution in [3.05, 3.63) is 116 Å². The van der Waals surface area contributed by atoms with Gasteiger partial charge in [0.05, 0.1) is 21.0 Å². The van der Waals surface area contributed by atoms with Crippen LogP contribution in [-0.2, 0) is 4.74 Å². The molecule has 0 unspecified atom stereocenters. The first kappa shape index (κ1) is 23.9. The molecule has 0 fully saturated rings. The van der Waals surface area contributed by atoms with Gasteiger partial charge in [-0.05, 0) is 42.5 Å². The third kappa shape index (κ3) is 5.09. The minimum atomic E-state index is -0.784. The Kier molecular flexibility index (Phi) is 6.11. The van der Waals surface area contributed by atoms with Gasteiger partial charge in [-0.2, -0.15) is 0 Å². The summed E-state index contributed by atoms with van der Waals surface area (Å²) in [7, 11) is 0. The van der Waals surface area contributed by atoms with Crippen molar-refractivity contribution in [1.29, 1.82) is 0 Å². The van der Waals surface area contributed by atoms with Crippen molar-refractivity contribution < 1.29 is 38.4 Å². The summed E-state index contributed by atoms with van der Waals surface area (Å²) in [6, 6.07) is 19.6. The first-order valence-electron chi connectivity index (χ1n) is 10.8. The lowest BCUT2D eigenvalue weighted by Crippen LogP contribution is -1.96. The molecular formula is C26H14N2O10. The second-order valence-corrected chi connectivity index (χ2v) is 7.83. The molecule has 0 amide bonds. The molecule has 12 heteroatoms. The summed E-state index contributed by atoms with van der Waals surface area (Å²) < 4.78 is 22.2. The molecule has 0 radical (unpaired) electrons. The minimum absolute atomic E-state index is 0.0631. The molecular weight excluding hydrogens is 500 g/mol. The quantitative estimate of drug-likeness (QED) is 0.115. The molecule has 4 aromatic carbocycles. The molecule has 12 nitrogen and oxygen atoms in total. The molecule has 0 aromatic heterocycles. The van der Waals surface area contributed by atoms with Crippen LogP contribution < -0.4 is 14.2 Å². The fraction of sp³-hybridized carbons (Fsp3) is 0. The summed E-state index contributed by atoms with van der Waals surface area (Å²) >= 11 is 0. The number of ether oxygens (including phenoxy) is 4. The number of benzene rings is 4. The van der Waals surface area contributed by atoms with Crippen molar-refractivity contribution in [3.63, 3.8) is 0 Å². The molecule has 5 rings (SSSR count). The Balaban J connectivity index is 1.45. The van der Waals surface area contributed by atoms with Gasteiger partial charge in [-0.25, -0.2) is 9.59 Å². The molecule has 4 aromatic rings. The van der Waals surface area contributed by atoms with E-state index in [1.54, 1.807) is 0 Å². The molecule has 0 saturated heterocycles. The standard InChI is InChI=1S/C26H14N2O10/c29-25-23-10-9-19(14-24(23)26(30)38-25)37-22-12-20(35-17-5-1-15(2-6-17)27(31)32)11-21(13-22)36-18-7-3-16(4-8-18)28(33)34/h1-14H. The number of carbonyl (C=O) groups excluding carboxylic acids is 2. The van der Waals surface area contributed by atoms with Crippen molar-refractivity contribution in [2.24, 2.45) is 0 Å². The third-order valence-corrected chi connectivity index (χ3v) is 5.27. The maximum Gasteiger partial charge on any atom is 0.347 e. The Morgan fingerprint density at radius 1 is 0.500 bits per heavy atom. The van der Waals surface area contributed by atoms with Crippen LogP contribution in [0, 0.1) is 20.2 Å². The van der Waals surface area contributed by atoms with Crippen molar-refractivity contribution in [2.75, 3.05) is 0 Å². The van der Waals surface area contributed by atoms with Crippen molar-refractivity contribution >= 4 is 23.3 Å². The van der Waals surface area contributed by atoms with Gasteiger partial charge in [0.2, 0.25) is 0 Å². The summed E-state index contributed by atoms with van der Waals surface area (Å²) in [5.74, 6) is -0.00135. The number of rotatable bonds is 8. The normalized spacial score (nSPS) is 11.9. The Labute approximate surface area is 212 Å². The van der Waals surface area contributed by atoms with Crippen LogP contribution in [0.5, 0.6) is 34.5 Å². The molecule has 1 heterocycles. The van der Waals surface area contributed by atoms with Crippen LogP contribution >= 0.6 is 0 Å². The lowest BCUT2D eigenvalue weighted by molar-refractivity contribution is -0.385. The average molecular weight is 514 g/mol. The van der Waals surface area contributed by atoms with Gasteiger partial charge in [0, 0.05) is 42.5 Å². The first-order valence-corrected chi connectivity index (χ1v) is 10.8. The Hall–Kier alpha value is -5.78. The molecule has 0 aliphatic carbocycles. The van der Waals surface area contributed by atoms with Crippen LogP contribution in [0.4, 0.5) is 11.4 Å². The molecule has 38 heavy (non-hydrogen) atoms. The van der Waals surface area contributed by atoms with Gasteiger partial charge in [-0.1, -0.05) is 0 Å². The van der Waals surface area contributed by atoms with Gasteiger partial charge in [0.1, 0.15) is 34.5 Å². The summed E-state index contributed by atoms with van der Waals surface area (Å²) in [4.78, 5) is 44.4. The molecule has 188 valence electrons. The number of carbonyl (C=O) groups is 2. The Morgan fingerprint density at radius 2 is 0.895 bits per heavy atom. The van der Waals surface area contributed by atoms with E-state index >= 15 is 0 Å². The van der Waals surface area contributed by atoms with Crippen molar-refractivity contribution in [2.45, 2.75) is 0 Å². The van der Waals surface area contributed by atoms with Crippen molar-refractivity contribution in [1.82, 2.24) is 0 Å². The number of nitro benzene ring substituents is 2. The van der Waals surface area contributed by atoms with E-state index in [0.717, 1.165) is 0 Å². The average Bonchev–Trinajstić information content (AvgIpc) is 3.17. The van der Waals surface area contributed by atoms with E-state index in [1.165, 1.54) is 84.9 Å². The number of nitro groups is 2. The first-order chi connectivity index (χ1) is 18.2. The van der Waals surface area contributed by atoms with Crippen LogP contribution in [-0.4, -0.2) is 21.8 Å². The zero-order chi connectivity index (χ0) is 26.8. The highest BCUT2D eigenvalue weighted by atomic mass is 16.6. The lowest BCUT2D eigenvalue weighted by Gasteiger charge is -2.13. The van der Waals surface area contributed by atoms with Gasteiger partial charge in [-0.15, -0.1) is 0 Å². The smallest absolute Gasteiger partial charge is 0.347 e. The number of esters is 2. The predicted octanol–water partition coefficient (Wildman–Crippen LogP) is 6.19. The number of fused-ring (bicyclic) bond motifs is 1. The summed E-state index contributed by atoms with van der Waals surface area (Å²) in [6.45, 7) is 0. The number of hydrogen-bond acceptors (Lipinski definition) is 10. The van der Waals surface area contributed by atoms with E-state index in [0.29, 0.717) is 11.5 Å². The Bertz CT molecular complexity index is 1520. The fourth-order valence-electron chi connectivity index (χ4n) is 3.53. The van der Waals surface area contributed by atoms with E-state index in [2.05, 4.69) is 4.74 Å². The van der Waals surface area contributed by atoms with Crippen LogP contribution in [0.1, 0.15) is 20.7 Å². The molecule has 1 aliphatic heterocycles. The number of non-ortho nitro benzene ring substituents is 2. The van der Waals surface area contributed by atoms with Gasteiger partial charge < -0.3 is 18.9 Å². The van der Waals surface area contributed by atoms with Gasteiger partial charge in [-0.3, -0.25) is 20.2 Å². The molecule has 0 bridgehead atoms. The van der Waals surface area contributed by atoms with Crippen LogP contribution in [0.3, 0.4) is 0 Å². The minimum Gasteiger partial charge on any atom is -0.457 e. The highest BCUT2D eigenvalue weighted by molar-refractivity contribution is 6.14. The van der Waals surface area contributed by atoms with Crippen molar-refractivity contribution in [3.8, 4) is 34.5 Å². The summed E-state index contributed by atoms with van der Waals surface area (Å²) in [5.41, 5.74) is -0.0246. The van der Waals surface area contributed by atoms with E-state index < -0.39 is 21.8 Å². The highest BCUT2D eigenvalue weighted by Crippen LogP contribution is 2.37. The van der Waals surface area contributed by atoms with Crippen LogP contribution in [0.15, 0.2) is 84.9 Å². The fourth-order valence-corrected chi connectivity index (χ4v) is 3.53. The zero-order valence-corrected chi connectivity index (χ0v) is 19.1. The molecule has 0 saturated carbocycles. The maximum absolute atomic E-state index is 11.9. The predicted molar refractivity (Wildman–Crippen MR) is 129 cm³/mol.